The van der Waals surface area contributed by atoms with Crippen molar-refractivity contribution in [2.75, 3.05) is 0 Å². The van der Waals surface area contributed by atoms with Crippen molar-refractivity contribution in [3.8, 4) is 0 Å². The van der Waals surface area contributed by atoms with Gasteiger partial charge in [0, 0.05) is 17.7 Å². The van der Waals surface area contributed by atoms with Crippen LogP contribution in [-0.4, -0.2) is 23.1 Å². The number of esters is 1. The van der Waals surface area contributed by atoms with Gasteiger partial charge in [0.2, 0.25) is 0 Å². The van der Waals surface area contributed by atoms with Gasteiger partial charge in [-0.2, -0.15) is 0 Å². The van der Waals surface area contributed by atoms with Gasteiger partial charge in [0.25, 0.3) is 0 Å². The van der Waals surface area contributed by atoms with Gasteiger partial charge in [0.15, 0.2) is 4.93 Å². The number of hydrogen-bond acceptors (Lipinski definition) is 4. The molecule has 4 aliphatic rings. The summed E-state index contributed by atoms with van der Waals surface area (Å²) in [6.45, 7) is 0. The van der Waals surface area contributed by atoms with Crippen LogP contribution < -0.4 is 0 Å². The molecule has 0 radical (unpaired) electrons. The monoisotopic (exact) mass is 288 g/mol. The zero-order chi connectivity index (χ0) is 13.3. The Morgan fingerprint density at radius 2 is 1.80 bits per heavy atom. The van der Waals surface area contributed by atoms with E-state index in [0.717, 1.165) is 23.3 Å². The maximum Gasteiger partial charge on any atom is 0.340 e. The second-order valence-corrected chi connectivity index (χ2v) is 7.81. The highest BCUT2D eigenvalue weighted by Gasteiger charge is 2.61. The van der Waals surface area contributed by atoms with E-state index in [1.165, 1.54) is 12.8 Å². The molecule has 3 fully saturated rings. The number of ether oxygens (including phenoxy) is 2. The molecule has 4 atom stereocenters. The second kappa shape index (κ2) is 3.80. The molecule has 1 aliphatic carbocycles. The van der Waals surface area contributed by atoms with Crippen LogP contribution in [0.4, 0.5) is 0 Å². The van der Waals surface area contributed by atoms with Crippen molar-refractivity contribution >= 4 is 17.7 Å². The Balaban J connectivity index is 1.50. The molecular formula is C16H16O3S. The van der Waals surface area contributed by atoms with E-state index >= 15 is 0 Å². The Morgan fingerprint density at radius 1 is 1.10 bits per heavy atom. The Kier molecular flexibility index (Phi) is 2.21. The van der Waals surface area contributed by atoms with Gasteiger partial charge in [0.1, 0.15) is 0 Å². The molecule has 104 valence electrons. The minimum absolute atomic E-state index is 0.146. The zero-order valence-corrected chi connectivity index (χ0v) is 11.9. The highest BCUT2D eigenvalue weighted by atomic mass is 32.2. The van der Waals surface area contributed by atoms with Crippen LogP contribution in [0.5, 0.6) is 0 Å². The summed E-state index contributed by atoms with van der Waals surface area (Å²) in [5, 5.41) is 0. The molecule has 2 bridgehead atoms. The lowest BCUT2D eigenvalue weighted by Crippen LogP contribution is -2.34. The Hall–Kier alpha value is -1.00. The Labute approximate surface area is 122 Å². The van der Waals surface area contributed by atoms with Crippen molar-refractivity contribution in [1.82, 2.24) is 0 Å². The lowest BCUT2D eigenvalue weighted by Gasteiger charge is -2.34. The normalized spacial score (nSPS) is 44.5. The molecule has 4 unspecified atom stereocenters. The lowest BCUT2D eigenvalue weighted by molar-refractivity contribution is 0.00585. The van der Waals surface area contributed by atoms with Crippen LogP contribution in [0, 0.1) is 11.8 Å². The van der Waals surface area contributed by atoms with Gasteiger partial charge in [-0.25, -0.2) is 4.79 Å². The van der Waals surface area contributed by atoms with Crippen LogP contribution >= 0.6 is 11.8 Å². The van der Waals surface area contributed by atoms with Crippen LogP contribution in [-0.2, 0) is 9.47 Å². The maximum atomic E-state index is 12.3. The van der Waals surface area contributed by atoms with E-state index in [1.807, 2.05) is 24.3 Å². The number of thioether (sulfide) groups is 1. The summed E-state index contributed by atoms with van der Waals surface area (Å²) in [4.78, 5) is 13.0. The van der Waals surface area contributed by atoms with E-state index in [4.69, 9.17) is 9.47 Å². The minimum atomic E-state index is -0.328. The summed E-state index contributed by atoms with van der Waals surface area (Å²) in [5.74, 6) is 1.05. The number of carbonyl (C=O) groups is 1. The van der Waals surface area contributed by atoms with Crippen molar-refractivity contribution < 1.29 is 14.3 Å². The van der Waals surface area contributed by atoms with Crippen molar-refractivity contribution in [2.24, 2.45) is 11.8 Å². The van der Waals surface area contributed by atoms with Crippen molar-refractivity contribution in [3.05, 3.63) is 29.8 Å². The van der Waals surface area contributed by atoms with Gasteiger partial charge in [0.05, 0.1) is 17.8 Å². The summed E-state index contributed by atoms with van der Waals surface area (Å²) >= 11 is 1.76. The Bertz CT molecular complexity index is 581. The first kappa shape index (κ1) is 11.6. The van der Waals surface area contributed by atoms with Gasteiger partial charge in [-0.15, -0.1) is 0 Å². The van der Waals surface area contributed by atoms with Crippen LogP contribution in [0.15, 0.2) is 29.2 Å². The molecule has 1 saturated carbocycles. The molecule has 3 nitrogen and oxygen atoms in total. The SMILES string of the molecule is O=C1OC2(CC3C4CCC(O4)C3C2)Sc2ccccc21. The molecule has 2 saturated heterocycles. The van der Waals surface area contributed by atoms with Crippen molar-refractivity contribution in [1.29, 1.82) is 0 Å². The van der Waals surface area contributed by atoms with E-state index in [0.29, 0.717) is 24.0 Å². The van der Waals surface area contributed by atoms with Crippen molar-refractivity contribution in [2.45, 2.75) is 47.7 Å². The smallest absolute Gasteiger partial charge is 0.340 e. The fourth-order valence-electron chi connectivity index (χ4n) is 4.57. The molecule has 3 heterocycles. The fourth-order valence-corrected chi connectivity index (χ4v) is 6.05. The summed E-state index contributed by atoms with van der Waals surface area (Å²) in [7, 11) is 0. The Morgan fingerprint density at radius 3 is 2.55 bits per heavy atom. The highest BCUT2D eigenvalue weighted by molar-refractivity contribution is 8.00. The number of carbonyl (C=O) groups excluding carboxylic acids is 1. The third kappa shape index (κ3) is 1.44. The molecule has 0 amide bonds. The van der Waals surface area contributed by atoms with E-state index in [9.17, 15) is 4.79 Å². The topological polar surface area (TPSA) is 35.5 Å². The molecule has 0 N–H and O–H groups in total. The largest absolute Gasteiger partial charge is 0.444 e. The van der Waals surface area contributed by atoms with Gasteiger partial charge in [-0.05, 0) is 36.8 Å². The van der Waals surface area contributed by atoms with Gasteiger partial charge >= 0.3 is 5.97 Å². The van der Waals surface area contributed by atoms with E-state index in [2.05, 4.69) is 0 Å². The average molecular weight is 288 g/mol. The van der Waals surface area contributed by atoms with E-state index in [1.54, 1.807) is 11.8 Å². The number of rotatable bonds is 0. The third-order valence-electron chi connectivity index (χ3n) is 5.37. The number of benzene rings is 1. The molecule has 20 heavy (non-hydrogen) atoms. The number of hydrogen-bond donors (Lipinski definition) is 0. The summed E-state index contributed by atoms with van der Waals surface area (Å²) < 4.78 is 11.9. The van der Waals surface area contributed by atoms with Gasteiger partial charge in [-0.3, -0.25) is 0 Å². The van der Waals surface area contributed by atoms with Crippen LogP contribution in [0.25, 0.3) is 0 Å². The van der Waals surface area contributed by atoms with Gasteiger partial charge < -0.3 is 9.47 Å². The fraction of sp³-hybridized carbons (Fsp3) is 0.562. The van der Waals surface area contributed by atoms with Crippen molar-refractivity contribution in [3.63, 3.8) is 0 Å². The highest BCUT2D eigenvalue weighted by Crippen LogP contribution is 2.61. The summed E-state index contributed by atoms with van der Waals surface area (Å²) in [5.41, 5.74) is 0.722. The first-order valence-corrected chi connectivity index (χ1v) is 8.23. The molecular weight excluding hydrogens is 272 g/mol. The molecule has 0 aromatic heterocycles. The predicted octanol–water partition coefficient (Wildman–Crippen LogP) is 3.23. The zero-order valence-electron chi connectivity index (χ0n) is 11.1. The van der Waals surface area contributed by atoms with E-state index < -0.39 is 0 Å². The molecule has 5 rings (SSSR count). The first-order valence-electron chi connectivity index (χ1n) is 7.41. The van der Waals surface area contributed by atoms with Crippen LogP contribution in [0.3, 0.4) is 0 Å². The maximum absolute atomic E-state index is 12.3. The molecule has 1 aromatic rings. The molecule has 1 spiro atoms. The predicted molar refractivity (Wildman–Crippen MR) is 74.6 cm³/mol. The van der Waals surface area contributed by atoms with E-state index in [-0.39, 0.29) is 10.9 Å². The summed E-state index contributed by atoms with van der Waals surface area (Å²) in [6.07, 6.45) is 5.14. The second-order valence-electron chi connectivity index (χ2n) is 6.42. The average Bonchev–Trinajstić information content (AvgIpc) is 3.10. The standard InChI is InChI=1S/C16H16O3S/c17-15-9-3-1-2-4-14(9)20-16(19-15)7-10-11(8-16)13-6-5-12(10)18-13/h1-4,10-13H,5-8H2. The number of fused-ring (bicyclic) bond motifs is 6. The van der Waals surface area contributed by atoms with Crippen LogP contribution in [0.1, 0.15) is 36.0 Å². The third-order valence-corrected chi connectivity index (χ3v) is 6.73. The summed E-state index contributed by atoms with van der Waals surface area (Å²) in [6, 6.07) is 7.80. The minimum Gasteiger partial charge on any atom is -0.444 e. The first-order chi connectivity index (χ1) is 9.74. The van der Waals surface area contributed by atoms with Gasteiger partial charge in [-0.1, -0.05) is 23.9 Å². The lowest BCUT2D eigenvalue weighted by atomic mass is 9.82. The molecule has 1 aromatic carbocycles. The molecule has 3 aliphatic heterocycles. The molecule has 4 heteroatoms. The quantitative estimate of drug-likeness (QED) is 0.687. The van der Waals surface area contributed by atoms with Crippen LogP contribution in [0.2, 0.25) is 0 Å².